The van der Waals surface area contributed by atoms with Crippen molar-refractivity contribution in [2.45, 2.75) is 6.04 Å². The summed E-state index contributed by atoms with van der Waals surface area (Å²) < 4.78 is 22.2. The summed E-state index contributed by atoms with van der Waals surface area (Å²) in [6.45, 7) is 0.571. The van der Waals surface area contributed by atoms with Crippen molar-refractivity contribution in [2.75, 3.05) is 6.54 Å². The SMILES string of the molecule is NS(=O)(=O)C1=NN2CC(c3cccs3)N=C2S1. The summed E-state index contributed by atoms with van der Waals surface area (Å²) in [6, 6.07) is 4.02. The lowest BCUT2D eigenvalue weighted by Gasteiger charge is -2.07. The minimum atomic E-state index is -3.72. The first-order valence-corrected chi connectivity index (χ1v) is 7.96. The molecule has 1 aromatic heterocycles. The molecule has 2 aliphatic heterocycles. The molecule has 90 valence electrons. The van der Waals surface area contributed by atoms with Gasteiger partial charge in [-0.3, -0.25) is 0 Å². The van der Waals surface area contributed by atoms with Gasteiger partial charge in [-0.15, -0.1) is 16.4 Å². The number of fused-ring (bicyclic) bond motifs is 1. The summed E-state index contributed by atoms with van der Waals surface area (Å²) in [4.78, 5) is 5.59. The third kappa shape index (κ3) is 1.99. The number of sulfonamides is 1. The summed E-state index contributed by atoms with van der Waals surface area (Å²) in [6.07, 6.45) is 0. The second kappa shape index (κ2) is 3.80. The van der Waals surface area contributed by atoms with Gasteiger partial charge in [-0.25, -0.2) is 23.6 Å². The van der Waals surface area contributed by atoms with Crippen LogP contribution < -0.4 is 5.14 Å². The van der Waals surface area contributed by atoms with Gasteiger partial charge in [-0.05, 0) is 23.2 Å². The largest absolute Gasteiger partial charge is 0.264 e. The van der Waals surface area contributed by atoms with Crippen molar-refractivity contribution >= 4 is 42.7 Å². The molecule has 1 aromatic rings. The lowest BCUT2D eigenvalue weighted by molar-refractivity contribution is 0.465. The molecule has 0 saturated heterocycles. The zero-order chi connectivity index (χ0) is 12.0. The molecular formula is C8H8N4O2S3. The van der Waals surface area contributed by atoms with E-state index in [1.807, 2.05) is 17.5 Å². The first kappa shape index (κ1) is 11.2. The maximum Gasteiger partial charge on any atom is 0.264 e. The van der Waals surface area contributed by atoms with Crippen molar-refractivity contribution in [1.82, 2.24) is 5.01 Å². The van der Waals surface area contributed by atoms with Crippen molar-refractivity contribution < 1.29 is 8.42 Å². The topological polar surface area (TPSA) is 88.1 Å². The van der Waals surface area contributed by atoms with E-state index >= 15 is 0 Å². The van der Waals surface area contributed by atoms with E-state index in [1.54, 1.807) is 16.3 Å². The lowest BCUT2D eigenvalue weighted by atomic mass is 10.2. The number of thioether (sulfide) groups is 1. The first-order valence-electron chi connectivity index (χ1n) is 4.72. The highest BCUT2D eigenvalue weighted by molar-refractivity contribution is 8.42. The fourth-order valence-electron chi connectivity index (χ4n) is 1.59. The van der Waals surface area contributed by atoms with Gasteiger partial charge in [-0.1, -0.05) is 6.07 Å². The number of primary sulfonamides is 1. The van der Waals surface area contributed by atoms with E-state index in [2.05, 4.69) is 10.1 Å². The van der Waals surface area contributed by atoms with Crippen molar-refractivity contribution in [1.29, 1.82) is 0 Å². The Morgan fingerprint density at radius 3 is 2.94 bits per heavy atom. The number of amidine groups is 1. The van der Waals surface area contributed by atoms with Gasteiger partial charge in [0, 0.05) is 4.88 Å². The van der Waals surface area contributed by atoms with E-state index in [0.29, 0.717) is 11.7 Å². The predicted octanol–water partition coefficient (Wildman–Crippen LogP) is 0.767. The molecule has 9 heteroatoms. The van der Waals surface area contributed by atoms with E-state index in [-0.39, 0.29) is 10.4 Å². The molecule has 0 aromatic carbocycles. The molecule has 1 unspecified atom stereocenters. The lowest BCUT2D eigenvalue weighted by Crippen LogP contribution is -2.20. The molecule has 2 N–H and O–H groups in total. The van der Waals surface area contributed by atoms with Crippen LogP contribution in [0.1, 0.15) is 10.9 Å². The smallest absolute Gasteiger partial charge is 0.250 e. The van der Waals surface area contributed by atoms with E-state index < -0.39 is 10.0 Å². The van der Waals surface area contributed by atoms with Gasteiger partial charge < -0.3 is 0 Å². The molecule has 0 spiro atoms. The molecule has 17 heavy (non-hydrogen) atoms. The Bertz CT molecular complexity index is 605. The van der Waals surface area contributed by atoms with Crippen LogP contribution in [0.25, 0.3) is 0 Å². The second-order valence-corrected chi connectivity index (χ2v) is 7.21. The fourth-order valence-corrected chi connectivity index (χ4v) is 3.94. The molecule has 3 heterocycles. The highest BCUT2D eigenvalue weighted by Crippen LogP contribution is 2.35. The Kier molecular flexibility index (Phi) is 2.51. The third-order valence-electron chi connectivity index (χ3n) is 2.33. The van der Waals surface area contributed by atoms with Gasteiger partial charge in [0.15, 0.2) is 5.17 Å². The number of nitrogens with zero attached hydrogens (tertiary/aromatic N) is 3. The Balaban J connectivity index is 1.83. The molecule has 0 amide bonds. The van der Waals surface area contributed by atoms with Gasteiger partial charge >= 0.3 is 0 Å². The number of rotatable bonds is 1. The Morgan fingerprint density at radius 2 is 2.35 bits per heavy atom. The number of hydrogen-bond donors (Lipinski definition) is 1. The number of thiophene rings is 1. The molecule has 3 rings (SSSR count). The molecule has 0 fully saturated rings. The fraction of sp³-hybridized carbons (Fsp3) is 0.250. The Morgan fingerprint density at radius 1 is 1.53 bits per heavy atom. The van der Waals surface area contributed by atoms with E-state index in [4.69, 9.17) is 5.14 Å². The first-order chi connectivity index (χ1) is 8.04. The average molecular weight is 288 g/mol. The monoisotopic (exact) mass is 288 g/mol. The summed E-state index contributed by atoms with van der Waals surface area (Å²) in [7, 11) is -3.72. The molecule has 6 nitrogen and oxygen atoms in total. The van der Waals surface area contributed by atoms with E-state index in [0.717, 1.165) is 16.6 Å². The molecule has 0 radical (unpaired) electrons. The molecule has 2 aliphatic rings. The maximum atomic E-state index is 11.1. The maximum absolute atomic E-state index is 11.1. The van der Waals surface area contributed by atoms with Crippen molar-refractivity contribution in [3.8, 4) is 0 Å². The number of hydrazone groups is 1. The zero-order valence-corrected chi connectivity index (χ0v) is 10.9. The number of nitrogens with two attached hydrogens (primary N) is 1. The van der Waals surface area contributed by atoms with E-state index in [1.165, 1.54) is 0 Å². The highest BCUT2D eigenvalue weighted by Gasteiger charge is 2.36. The third-order valence-corrected chi connectivity index (χ3v) is 5.57. The van der Waals surface area contributed by atoms with Gasteiger partial charge in [-0.2, -0.15) is 0 Å². The zero-order valence-electron chi connectivity index (χ0n) is 8.48. The van der Waals surface area contributed by atoms with Crippen LogP contribution in [0.4, 0.5) is 0 Å². The van der Waals surface area contributed by atoms with Crippen molar-refractivity contribution in [3.05, 3.63) is 22.4 Å². The minimum absolute atomic E-state index is 0.0447. The number of hydrogen-bond acceptors (Lipinski definition) is 7. The van der Waals surface area contributed by atoms with Crippen LogP contribution >= 0.6 is 23.1 Å². The van der Waals surface area contributed by atoms with Gasteiger partial charge in [0.05, 0.1) is 6.54 Å². The van der Waals surface area contributed by atoms with Crippen LogP contribution in [0.15, 0.2) is 27.6 Å². The van der Waals surface area contributed by atoms with Gasteiger partial charge in [0.1, 0.15) is 6.04 Å². The van der Waals surface area contributed by atoms with Crippen LogP contribution in [-0.4, -0.2) is 29.5 Å². The highest BCUT2D eigenvalue weighted by atomic mass is 32.3. The molecule has 0 aliphatic carbocycles. The minimum Gasteiger partial charge on any atom is -0.250 e. The quantitative estimate of drug-likeness (QED) is 0.826. The van der Waals surface area contributed by atoms with Crippen molar-refractivity contribution in [3.63, 3.8) is 0 Å². The molecule has 1 atom stereocenters. The second-order valence-electron chi connectivity index (χ2n) is 3.54. The summed E-state index contributed by atoms with van der Waals surface area (Å²) in [5, 5.41) is 13.2. The summed E-state index contributed by atoms with van der Waals surface area (Å²) >= 11 is 2.64. The van der Waals surface area contributed by atoms with Gasteiger partial charge in [0.2, 0.25) is 4.38 Å². The standard InChI is InChI=1S/C8H8N4O2S3/c9-17(13,14)8-11-12-4-5(10-7(12)16-8)6-2-1-3-15-6/h1-3,5H,4H2,(H2,9,13,14). The van der Waals surface area contributed by atoms with Crippen LogP contribution in [-0.2, 0) is 10.0 Å². The normalized spacial score (nSPS) is 23.6. The summed E-state index contributed by atoms with van der Waals surface area (Å²) in [5.74, 6) is 0. The molecule has 0 saturated carbocycles. The van der Waals surface area contributed by atoms with E-state index in [9.17, 15) is 8.42 Å². The van der Waals surface area contributed by atoms with Crippen LogP contribution in [0.2, 0.25) is 0 Å². The Hall–Kier alpha value is -0.900. The molecular weight excluding hydrogens is 280 g/mol. The van der Waals surface area contributed by atoms with Gasteiger partial charge in [0.25, 0.3) is 10.0 Å². The van der Waals surface area contributed by atoms with Crippen LogP contribution in [0, 0.1) is 0 Å². The Labute approximate surface area is 106 Å². The van der Waals surface area contributed by atoms with Crippen LogP contribution in [0.5, 0.6) is 0 Å². The summed E-state index contributed by atoms with van der Waals surface area (Å²) in [5.41, 5.74) is 0. The average Bonchev–Trinajstić information content (AvgIpc) is 2.90. The van der Waals surface area contributed by atoms with Crippen LogP contribution in [0.3, 0.4) is 0 Å². The predicted molar refractivity (Wildman–Crippen MR) is 69.3 cm³/mol. The van der Waals surface area contributed by atoms with Crippen molar-refractivity contribution in [2.24, 2.45) is 15.2 Å². The molecule has 0 bridgehead atoms. The number of aliphatic imine (C=N–C) groups is 1.